The van der Waals surface area contributed by atoms with Crippen molar-refractivity contribution in [3.8, 4) is 0 Å². The van der Waals surface area contributed by atoms with Crippen LogP contribution >= 0.6 is 0 Å². The average Bonchev–Trinajstić information content (AvgIpc) is 1.79. The molecular weight excluding hydrogens is 174 g/mol. The van der Waals surface area contributed by atoms with E-state index in [-0.39, 0.29) is 6.04 Å². The fourth-order valence-corrected chi connectivity index (χ4v) is 2.30. The van der Waals surface area contributed by atoms with Crippen molar-refractivity contribution in [2.24, 2.45) is 5.92 Å². The molecule has 1 atom stereocenters. The highest BCUT2D eigenvalue weighted by Gasteiger charge is 2.30. The lowest BCUT2D eigenvalue weighted by molar-refractivity contribution is 0.193. The Morgan fingerprint density at radius 1 is 1.42 bits per heavy atom. The molecule has 12 heavy (non-hydrogen) atoms. The Morgan fingerprint density at radius 2 is 1.92 bits per heavy atom. The first-order valence-electron chi connectivity index (χ1n) is 4.36. The molecule has 0 aromatic heterocycles. The van der Waals surface area contributed by atoms with Crippen LogP contribution in [0.5, 0.6) is 0 Å². The minimum absolute atomic E-state index is 0.175. The second-order valence-corrected chi connectivity index (χ2v) is 5.75. The quantitative estimate of drug-likeness (QED) is 0.669. The summed E-state index contributed by atoms with van der Waals surface area (Å²) in [7, 11) is -1.32. The smallest absolute Gasteiger partial charge is 0.211 e. The van der Waals surface area contributed by atoms with Crippen LogP contribution in [0.1, 0.15) is 26.2 Å². The number of rotatable bonds is 3. The van der Waals surface area contributed by atoms with Crippen molar-refractivity contribution in [3.05, 3.63) is 0 Å². The Labute approximate surface area is 74.8 Å². The zero-order valence-electron chi connectivity index (χ0n) is 7.95. The van der Waals surface area contributed by atoms with Gasteiger partial charge in [0, 0.05) is 13.1 Å². The fourth-order valence-electron chi connectivity index (χ4n) is 1.52. The highest BCUT2D eigenvalue weighted by molar-refractivity contribution is 7.88. The number of hydrogen-bond acceptors (Lipinski definition) is 2. The van der Waals surface area contributed by atoms with E-state index in [1.54, 1.807) is 7.05 Å². The third kappa shape index (κ3) is 1.98. The van der Waals surface area contributed by atoms with E-state index >= 15 is 0 Å². The Morgan fingerprint density at radius 3 is 2.17 bits per heavy atom. The minimum atomic E-state index is -2.99. The lowest BCUT2D eigenvalue weighted by atomic mass is 9.80. The Balaban J connectivity index is 2.57. The molecule has 0 aliphatic heterocycles. The lowest BCUT2D eigenvalue weighted by Crippen LogP contribution is -2.41. The molecule has 4 heteroatoms. The van der Waals surface area contributed by atoms with Gasteiger partial charge in [-0.15, -0.1) is 0 Å². The van der Waals surface area contributed by atoms with Gasteiger partial charge in [-0.3, -0.25) is 0 Å². The molecule has 0 N–H and O–H groups in total. The SMILES string of the molecule is CC(C1CCC1)N(C)S(C)(=O)=O. The molecule has 1 fully saturated rings. The van der Waals surface area contributed by atoms with Crippen LogP contribution < -0.4 is 0 Å². The van der Waals surface area contributed by atoms with Gasteiger partial charge in [-0.1, -0.05) is 6.42 Å². The molecule has 0 amide bonds. The van der Waals surface area contributed by atoms with Crippen molar-refractivity contribution in [1.29, 1.82) is 0 Å². The van der Waals surface area contributed by atoms with Gasteiger partial charge in [-0.2, -0.15) is 0 Å². The maximum absolute atomic E-state index is 11.1. The number of sulfonamides is 1. The van der Waals surface area contributed by atoms with E-state index in [4.69, 9.17) is 0 Å². The van der Waals surface area contributed by atoms with E-state index in [0.29, 0.717) is 5.92 Å². The van der Waals surface area contributed by atoms with Crippen LogP contribution in [0.15, 0.2) is 0 Å². The zero-order chi connectivity index (χ0) is 9.35. The average molecular weight is 191 g/mol. The van der Waals surface area contributed by atoms with Crippen LogP contribution in [0.3, 0.4) is 0 Å². The van der Waals surface area contributed by atoms with Crippen molar-refractivity contribution in [2.45, 2.75) is 32.2 Å². The normalized spacial score (nSPS) is 22.3. The Hall–Kier alpha value is -0.0900. The molecule has 0 radical (unpaired) electrons. The van der Waals surface area contributed by atoms with Crippen LogP contribution in [0.25, 0.3) is 0 Å². The molecule has 0 saturated heterocycles. The summed E-state index contributed by atoms with van der Waals surface area (Å²) >= 11 is 0. The fraction of sp³-hybridized carbons (Fsp3) is 1.00. The molecular formula is C8H17NO2S. The van der Waals surface area contributed by atoms with Crippen molar-refractivity contribution in [3.63, 3.8) is 0 Å². The zero-order valence-corrected chi connectivity index (χ0v) is 8.76. The summed E-state index contributed by atoms with van der Waals surface area (Å²) in [6.07, 6.45) is 4.89. The molecule has 1 aliphatic rings. The van der Waals surface area contributed by atoms with Crippen LogP contribution in [-0.2, 0) is 10.0 Å². The van der Waals surface area contributed by atoms with Crippen LogP contribution in [0.2, 0.25) is 0 Å². The Bertz CT molecular complexity index is 244. The molecule has 3 nitrogen and oxygen atoms in total. The van der Waals surface area contributed by atoms with Gasteiger partial charge in [0.05, 0.1) is 6.26 Å². The summed E-state index contributed by atoms with van der Waals surface area (Å²) in [5, 5.41) is 0. The molecule has 1 aliphatic carbocycles. The molecule has 0 bridgehead atoms. The predicted molar refractivity (Wildman–Crippen MR) is 49.4 cm³/mol. The van der Waals surface area contributed by atoms with Gasteiger partial charge >= 0.3 is 0 Å². The molecule has 0 aromatic rings. The first-order chi connectivity index (χ1) is 5.43. The molecule has 0 spiro atoms. The summed E-state index contributed by atoms with van der Waals surface area (Å²) in [5.41, 5.74) is 0. The van der Waals surface area contributed by atoms with Crippen LogP contribution in [0.4, 0.5) is 0 Å². The van der Waals surface area contributed by atoms with Crippen molar-refractivity contribution < 1.29 is 8.42 Å². The van der Waals surface area contributed by atoms with Gasteiger partial charge < -0.3 is 0 Å². The van der Waals surface area contributed by atoms with E-state index in [0.717, 1.165) is 0 Å². The number of hydrogen-bond donors (Lipinski definition) is 0. The van der Waals surface area contributed by atoms with E-state index in [1.165, 1.54) is 29.8 Å². The van der Waals surface area contributed by atoms with Crippen LogP contribution in [-0.4, -0.2) is 32.1 Å². The molecule has 72 valence electrons. The highest BCUT2D eigenvalue weighted by Crippen LogP contribution is 2.32. The standard InChI is InChI=1S/C8H17NO2S/c1-7(8-5-4-6-8)9(2)12(3,10)11/h7-8H,4-6H2,1-3H3. The summed E-state index contributed by atoms with van der Waals surface area (Å²) in [6, 6.07) is 0.175. The largest absolute Gasteiger partial charge is 0.213 e. The first-order valence-corrected chi connectivity index (χ1v) is 6.21. The van der Waals surface area contributed by atoms with E-state index < -0.39 is 10.0 Å². The lowest BCUT2D eigenvalue weighted by Gasteiger charge is -2.35. The van der Waals surface area contributed by atoms with Gasteiger partial charge in [-0.25, -0.2) is 12.7 Å². The maximum Gasteiger partial charge on any atom is 0.211 e. The Kier molecular flexibility index (Phi) is 2.78. The number of nitrogens with zero attached hydrogens (tertiary/aromatic N) is 1. The third-order valence-corrected chi connectivity index (χ3v) is 4.31. The predicted octanol–water partition coefficient (Wildman–Crippen LogP) is 1.07. The van der Waals surface area contributed by atoms with Gasteiger partial charge in [0.2, 0.25) is 10.0 Å². The van der Waals surface area contributed by atoms with E-state index in [2.05, 4.69) is 0 Å². The maximum atomic E-state index is 11.1. The van der Waals surface area contributed by atoms with Crippen molar-refractivity contribution >= 4 is 10.0 Å². The molecule has 1 unspecified atom stereocenters. The van der Waals surface area contributed by atoms with Gasteiger partial charge in [-0.05, 0) is 25.7 Å². The second-order valence-electron chi connectivity index (χ2n) is 3.71. The van der Waals surface area contributed by atoms with Crippen molar-refractivity contribution in [2.75, 3.05) is 13.3 Å². The summed E-state index contributed by atoms with van der Waals surface area (Å²) in [4.78, 5) is 0. The van der Waals surface area contributed by atoms with Gasteiger partial charge in [0.25, 0.3) is 0 Å². The summed E-state index contributed by atoms with van der Waals surface area (Å²) in [5.74, 6) is 0.588. The van der Waals surface area contributed by atoms with Crippen molar-refractivity contribution in [1.82, 2.24) is 4.31 Å². The van der Waals surface area contributed by atoms with Crippen LogP contribution in [0, 0.1) is 5.92 Å². The minimum Gasteiger partial charge on any atom is -0.213 e. The molecule has 1 saturated carbocycles. The molecule has 0 aromatic carbocycles. The highest BCUT2D eigenvalue weighted by atomic mass is 32.2. The first kappa shape index (κ1) is 9.99. The van der Waals surface area contributed by atoms with Gasteiger partial charge in [0.15, 0.2) is 0 Å². The topological polar surface area (TPSA) is 37.4 Å². The third-order valence-electron chi connectivity index (χ3n) is 2.93. The van der Waals surface area contributed by atoms with Gasteiger partial charge in [0.1, 0.15) is 0 Å². The van der Waals surface area contributed by atoms with E-state index in [9.17, 15) is 8.42 Å². The van der Waals surface area contributed by atoms with E-state index in [1.807, 2.05) is 6.92 Å². The summed E-state index contributed by atoms with van der Waals surface area (Å²) < 4.78 is 23.8. The summed E-state index contributed by atoms with van der Waals surface area (Å²) in [6.45, 7) is 1.99. The molecule has 0 heterocycles. The molecule has 1 rings (SSSR count). The monoisotopic (exact) mass is 191 g/mol. The second kappa shape index (κ2) is 3.34.